The molecule has 2 fully saturated rings. The fourth-order valence-electron chi connectivity index (χ4n) is 15.8. The molecule has 132 heavy (non-hydrogen) atoms. The molecule has 0 radical (unpaired) electrons. The van der Waals surface area contributed by atoms with E-state index in [1.807, 2.05) is 13.8 Å². The first kappa shape index (κ1) is 104. The molecule has 716 valence electrons. The smallest absolute Gasteiger partial charge is 0.246 e. The van der Waals surface area contributed by atoms with Crippen LogP contribution in [0.2, 0.25) is 0 Å². The molecular weight excluding hydrogens is 1730 g/mol. The normalized spacial score (nSPS) is 23.5. The lowest BCUT2D eigenvalue weighted by Gasteiger charge is -2.36. The van der Waals surface area contributed by atoms with Gasteiger partial charge in [-0.15, -0.1) is 11.8 Å². The zero-order chi connectivity index (χ0) is 96.6. The van der Waals surface area contributed by atoms with Crippen LogP contribution in [0, 0.1) is 11.3 Å². The van der Waals surface area contributed by atoms with Crippen molar-refractivity contribution < 1.29 is 86.6 Å². The highest BCUT2D eigenvalue weighted by atomic mass is 32.2. The number of likely N-dealkylation sites (N-methyl/N-ethyl adjacent to an activating group) is 4. The van der Waals surface area contributed by atoms with E-state index in [1.54, 1.807) is 105 Å². The predicted octanol–water partition coefficient (Wildman–Crippen LogP) is -2.14. The number of thioether (sulfide) groups is 1. The van der Waals surface area contributed by atoms with Gasteiger partial charge in [0, 0.05) is 119 Å². The quantitative estimate of drug-likeness (QED) is 0.0157. The van der Waals surface area contributed by atoms with Gasteiger partial charge in [-0.05, 0) is 86.6 Å². The van der Waals surface area contributed by atoms with E-state index >= 15 is 24.0 Å². The first-order chi connectivity index (χ1) is 62.9. The Morgan fingerprint density at radius 3 is 1.67 bits per heavy atom. The van der Waals surface area contributed by atoms with E-state index in [-0.39, 0.29) is 89.6 Å². The molecule has 8 rings (SSSR count). The number of amides is 17. The standard InChI is InChI=1S/C89H126N24O18S/c1-10-12-30-69-82(125)102-60(29-21-33-95-89(92)93)78(121)108-68(77(120)98-44-73(91)116)47-132-48-75(118)101-64(36-52-23-15-14-16-24-52)85(128)110(7)51(5)76(119)104-66(40-72(90)115)87(130)113-34-22-32-70(113)83(126)103-62(39-55-43-94-49-99-55)80(123)105-63(35-50(3)4)84(127)109(6)45-74(117)100-61(37-53-41-96-58-27-19-17-25-56(53)58)79(122)107-67(46-114)81(124)106-65(38-54-42-97-59-28-20-18-26-57(54)59)86(129)112(9)71(31-13-11-2)88(131)111(69)8/h14-20,23-28,41-43,49-51,60-71,96-97,114H,10-13,21-22,29-40,44-48H2,1-9H3,(H2,90,115)(H2,91,116)(H,94,99)(H,98,120)(H,100,117)(H,101,118)(H,102,125)(H,103,126)(H,104,119)(H,105,123)(H,106,124)(H,107,122)(H,108,121)(H4,92,93,95)/t51-,60-,61-,62-,63-,64-,65-,66+,67-,68-,69-,70-,71-/m0/s1. The van der Waals surface area contributed by atoms with Gasteiger partial charge >= 0.3 is 0 Å². The number of aliphatic hydroxyl groups is 1. The molecule has 0 spiro atoms. The van der Waals surface area contributed by atoms with Crippen molar-refractivity contribution >= 4 is 140 Å². The highest BCUT2D eigenvalue weighted by molar-refractivity contribution is 8.00. The Labute approximate surface area is 768 Å². The number of H-pyrrole nitrogens is 3. The maximum absolute atomic E-state index is 15.7. The van der Waals surface area contributed by atoms with Gasteiger partial charge in [0.05, 0.1) is 38.2 Å². The van der Waals surface area contributed by atoms with Crippen LogP contribution in [0.25, 0.3) is 21.8 Å². The average Bonchev–Trinajstić information content (AvgIpc) is 1.48. The van der Waals surface area contributed by atoms with Gasteiger partial charge in [-0.1, -0.05) is 120 Å². The van der Waals surface area contributed by atoms with E-state index in [2.05, 4.69) is 78.4 Å². The minimum absolute atomic E-state index is 0.00145. The first-order valence-electron chi connectivity index (χ1n) is 44.2. The van der Waals surface area contributed by atoms with E-state index in [4.69, 9.17) is 22.6 Å². The summed E-state index contributed by atoms with van der Waals surface area (Å²) in [6, 6.07) is 2.90. The van der Waals surface area contributed by atoms with Gasteiger partial charge in [0.15, 0.2) is 5.96 Å². The van der Waals surface area contributed by atoms with E-state index in [0.717, 1.165) is 36.3 Å². The molecule has 13 atom stereocenters. The summed E-state index contributed by atoms with van der Waals surface area (Å²) in [5.74, 6) is -17.1. The summed E-state index contributed by atoms with van der Waals surface area (Å²) in [5, 5.41) is 49.4. The van der Waals surface area contributed by atoms with Crippen LogP contribution in [0.3, 0.4) is 0 Å². The highest BCUT2D eigenvalue weighted by Gasteiger charge is 2.44. The van der Waals surface area contributed by atoms with Crippen molar-refractivity contribution in [3.05, 3.63) is 126 Å². The van der Waals surface area contributed by atoms with Crippen LogP contribution in [-0.2, 0) is 107 Å². The lowest BCUT2D eigenvalue weighted by Crippen LogP contribution is -2.61. The van der Waals surface area contributed by atoms with Gasteiger partial charge in [-0.3, -0.25) is 86.9 Å². The molecule has 6 aromatic rings. The summed E-state index contributed by atoms with van der Waals surface area (Å²) in [5.41, 5.74) is 20.0. The number of aromatic nitrogens is 4. The van der Waals surface area contributed by atoms with Crippen molar-refractivity contribution in [1.82, 2.24) is 103 Å². The predicted molar refractivity (Wildman–Crippen MR) is 490 cm³/mol. The van der Waals surface area contributed by atoms with Crippen LogP contribution in [0.5, 0.6) is 0 Å². The van der Waals surface area contributed by atoms with Crippen molar-refractivity contribution in [3.63, 3.8) is 0 Å². The molecule has 2 aliphatic rings. The number of hydrogen-bond donors (Lipinski definition) is 19. The summed E-state index contributed by atoms with van der Waals surface area (Å²) >= 11 is 0.795. The van der Waals surface area contributed by atoms with Crippen LogP contribution in [0.15, 0.2) is 104 Å². The number of rotatable bonds is 26. The molecule has 3 aromatic heterocycles. The van der Waals surface area contributed by atoms with E-state index in [9.17, 15) is 62.6 Å². The van der Waals surface area contributed by atoms with Crippen molar-refractivity contribution in [3.8, 4) is 0 Å². The first-order valence-corrected chi connectivity index (χ1v) is 45.4. The molecule has 17 amide bonds. The van der Waals surface area contributed by atoms with Gasteiger partial charge in [-0.25, -0.2) is 4.98 Å². The summed E-state index contributed by atoms with van der Waals surface area (Å²) < 4.78 is 0. The monoisotopic (exact) mass is 1850 g/mol. The molecule has 43 heteroatoms. The lowest BCUT2D eigenvalue weighted by atomic mass is 10.00. The Hall–Kier alpha value is -13.5. The summed E-state index contributed by atoms with van der Waals surface area (Å²) in [6.07, 6.45) is 6.01. The van der Waals surface area contributed by atoms with Crippen LogP contribution in [0.1, 0.15) is 134 Å². The number of guanidine groups is 1. The molecule has 42 nitrogen and oxygen atoms in total. The van der Waals surface area contributed by atoms with Gasteiger partial charge in [0.1, 0.15) is 78.5 Å². The van der Waals surface area contributed by atoms with Crippen molar-refractivity contribution in [2.75, 3.05) is 72.5 Å². The van der Waals surface area contributed by atoms with Crippen molar-refractivity contribution in [1.29, 1.82) is 5.41 Å². The van der Waals surface area contributed by atoms with Crippen LogP contribution >= 0.6 is 11.8 Å². The van der Waals surface area contributed by atoms with Crippen LogP contribution < -0.4 is 75.7 Å². The number of para-hydroxylation sites is 2. The van der Waals surface area contributed by atoms with Gasteiger partial charge in [0.2, 0.25) is 100 Å². The number of nitrogens with one attached hydrogen (secondary N) is 15. The number of nitrogens with two attached hydrogens (primary N) is 3. The molecule has 0 saturated carbocycles. The third-order valence-corrected chi connectivity index (χ3v) is 24.2. The number of benzene rings is 3. The number of imidazole rings is 1. The Balaban J connectivity index is 1.18. The maximum atomic E-state index is 15.7. The Morgan fingerprint density at radius 1 is 0.538 bits per heavy atom. The number of carbonyl (C=O) groups excluding carboxylic acids is 17. The van der Waals surface area contributed by atoms with Crippen LogP contribution in [-0.4, -0.2) is 307 Å². The number of aliphatic hydroxyl groups excluding tert-OH is 1. The Morgan fingerprint density at radius 2 is 1.08 bits per heavy atom. The summed E-state index contributed by atoms with van der Waals surface area (Å²) in [6.45, 7) is 5.93. The fourth-order valence-corrected chi connectivity index (χ4v) is 16.7. The fraction of sp³-hybridized carbons (Fsp3) is 0.517. The van der Waals surface area contributed by atoms with E-state index in [0.29, 0.717) is 69.9 Å². The van der Waals surface area contributed by atoms with E-state index < -0.39 is 223 Å². The Bertz CT molecular complexity index is 5050. The molecule has 0 bridgehead atoms. The number of fused-ring (bicyclic) bond motifs is 3. The molecule has 2 saturated heterocycles. The third kappa shape index (κ3) is 30.0. The minimum atomic E-state index is -1.85. The summed E-state index contributed by atoms with van der Waals surface area (Å²) in [4.78, 5) is 267. The number of unbranched alkanes of at least 4 members (excludes halogenated alkanes) is 2. The van der Waals surface area contributed by atoms with Gasteiger partial charge < -0.3 is 120 Å². The molecule has 5 heterocycles. The largest absolute Gasteiger partial charge is 0.394 e. The zero-order valence-electron chi connectivity index (χ0n) is 75.9. The molecule has 0 aliphatic carbocycles. The van der Waals surface area contributed by atoms with Crippen molar-refractivity contribution in [2.24, 2.45) is 23.1 Å². The molecule has 3 aromatic carbocycles. The second-order valence-electron chi connectivity index (χ2n) is 33.7. The maximum Gasteiger partial charge on any atom is 0.246 e. The average molecular weight is 1850 g/mol. The number of carbonyl (C=O) groups is 17. The van der Waals surface area contributed by atoms with Gasteiger partial charge in [0.25, 0.3) is 0 Å². The number of hydrogen-bond acceptors (Lipinski definition) is 21. The highest BCUT2D eigenvalue weighted by Crippen LogP contribution is 2.26. The molecule has 22 N–H and O–H groups in total. The summed E-state index contributed by atoms with van der Waals surface area (Å²) in [7, 11) is 5.25. The Kier molecular flexibility index (Phi) is 39.9. The second-order valence-corrected chi connectivity index (χ2v) is 34.7. The molecular formula is C89H126N24O18S. The van der Waals surface area contributed by atoms with Crippen LogP contribution in [0.4, 0.5) is 0 Å². The second kappa shape index (κ2) is 50.6. The number of primary amides is 2. The lowest BCUT2D eigenvalue weighted by molar-refractivity contribution is -0.149. The molecule has 0 unspecified atom stereocenters. The van der Waals surface area contributed by atoms with Gasteiger partial charge in [-0.2, -0.15) is 0 Å². The third-order valence-electron chi connectivity index (χ3n) is 23.1. The van der Waals surface area contributed by atoms with Crippen molar-refractivity contribution in [2.45, 2.75) is 216 Å². The topological polar surface area (TPSA) is 621 Å². The van der Waals surface area contributed by atoms with E-state index in [1.165, 1.54) is 47.6 Å². The number of aromatic amines is 3. The molecule has 2 aliphatic heterocycles. The number of nitrogens with zero attached hydrogens (tertiary/aromatic N) is 6. The minimum Gasteiger partial charge on any atom is -0.394 e. The SMILES string of the molecule is CCCC[C@H]1C(=O)N(C)[C@@H](CCCC)C(=O)N[C@@H](CCCNC(=N)N)C(=O)N[C@H](C(=O)NCC(N)=O)CSCC(=O)N[C@@H](Cc2ccccc2)C(=O)N(C)[C@@H](C)C(=O)N[C@H](CC(N)=O)C(=O)N2CCC[C@H]2C(=O)N[C@@H](Cc2cnc[nH]2)C(=O)N[C@@H](CC(C)C)C(=O)N(C)CC(=O)N[C@@H](Cc2c[nH]c3ccccc23)C(=O)N[C@@H](CO)C(=O)N[C@@H](Cc2c[nH]c3ccccc23)C(=O)N1C. The zero-order valence-corrected chi connectivity index (χ0v) is 76.7.